The Bertz CT molecular complexity index is 442. The van der Waals surface area contributed by atoms with Gasteiger partial charge >= 0.3 is 0 Å². The Kier molecular flexibility index (Phi) is 2.64. The number of aromatic nitrogens is 2. The van der Waals surface area contributed by atoms with Gasteiger partial charge in [0.25, 0.3) is 0 Å². The van der Waals surface area contributed by atoms with Crippen LogP contribution < -0.4 is 4.90 Å². The number of nitrogens with zero attached hydrogens (tertiary/aromatic N) is 4. The predicted molar refractivity (Wildman–Crippen MR) is 56.4 cm³/mol. The van der Waals surface area contributed by atoms with E-state index in [2.05, 4.69) is 25.9 Å². The minimum atomic E-state index is -0.0334. The van der Waals surface area contributed by atoms with Crippen molar-refractivity contribution in [1.29, 1.82) is 5.26 Å². The van der Waals surface area contributed by atoms with E-state index < -0.39 is 0 Å². The molecule has 15 heavy (non-hydrogen) atoms. The summed E-state index contributed by atoms with van der Waals surface area (Å²) in [5, 5.41) is 8.83. The second kappa shape index (κ2) is 3.95. The summed E-state index contributed by atoms with van der Waals surface area (Å²) in [4.78, 5) is 21.1. The predicted octanol–water partition coefficient (Wildman–Crippen LogP) is 0.848. The first kappa shape index (κ1) is 10.1. The lowest BCUT2D eigenvalue weighted by Crippen LogP contribution is -2.26. The van der Waals surface area contributed by atoms with Crippen molar-refractivity contribution >= 4 is 27.7 Å². The highest BCUT2D eigenvalue weighted by molar-refractivity contribution is 9.09. The molecular weight excluding hydrogens is 260 g/mol. The minimum Gasteiger partial charge on any atom is -0.293 e. The molecule has 2 rings (SSSR count). The highest BCUT2D eigenvalue weighted by Crippen LogP contribution is 2.24. The van der Waals surface area contributed by atoms with E-state index in [-0.39, 0.29) is 16.4 Å². The Balaban J connectivity index is 2.38. The van der Waals surface area contributed by atoms with E-state index in [0.29, 0.717) is 18.8 Å². The quantitative estimate of drug-likeness (QED) is 0.707. The molecule has 1 aliphatic rings. The molecule has 1 aromatic rings. The fraction of sp³-hybridized carbons (Fsp3) is 0.333. The molecule has 1 amide bonds. The molecule has 5 nitrogen and oxygen atoms in total. The first-order valence-corrected chi connectivity index (χ1v) is 5.29. The van der Waals surface area contributed by atoms with Crippen LogP contribution in [-0.2, 0) is 4.79 Å². The number of alkyl halides is 1. The van der Waals surface area contributed by atoms with Crippen molar-refractivity contribution in [2.24, 2.45) is 0 Å². The second-order valence-corrected chi connectivity index (χ2v) is 4.44. The molecule has 0 aromatic carbocycles. The first-order valence-electron chi connectivity index (χ1n) is 4.38. The molecule has 1 unspecified atom stereocenters. The van der Waals surface area contributed by atoms with Gasteiger partial charge in [0.1, 0.15) is 6.07 Å². The first-order chi connectivity index (χ1) is 7.22. The van der Waals surface area contributed by atoms with Crippen LogP contribution in [0.2, 0.25) is 0 Å². The second-order valence-electron chi connectivity index (χ2n) is 3.15. The Morgan fingerprint density at radius 3 is 2.87 bits per heavy atom. The Labute approximate surface area is 94.9 Å². The third-order valence-electron chi connectivity index (χ3n) is 2.12. The average molecular weight is 267 g/mol. The van der Waals surface area contributed by atoms with E-state index in [4.69, 9.17) is 5.26 Å². The molecule has 0 N–H and O–H groups in total. The standard InChI is InChI=1S/C9H7BrN4O/c10-6-3-8(15)14(5-6)9-7(4-11)12-1-2-13-9/h1-2,6H,3,5H2. The molecule has 0 radical (unpaired) electrons. The van der Waals surface area contributed by atoms with E-state index in [9.17, 15) is 4.79 Å². The summed E-state index contributed by atoms with van der Waals surface area (Å²) < 4.78 is 0. The van der Waals surface area contributed by atoms with Crippen LogP contribution in [0.4, 0.5) is 5.82 Å². The number of nitriles is 1. The highest BCUT2D eigenvalue weighted by atomic mass is 79.9. The van der Waals surface area contributed by atoms with Crippen LogP contribution in [0.1, 0.15) is 12.1 Å². The molecule has 1 aromatic heterocycles. The zero-order valence-electron chi connectivity index (χ0n) is 7.72. The van der Waals surface area contributed by atoms with Crippen molar-refractivity contribution in [1.82, 2.24) is 9.97 Å². The fourth-order valence-corrected chi connectivity index (χ4v) is 2.04. The van der Waals surface area contributed by atoms with E-state index in [1.807, 2.05) is 6.07 Å². The summed E-state index contributed by atoms with van der Waals surface area (Å²) >= 11 is 3.37. The molecule has 76 valence electrons. The average Bonchev–Trinajstić information content (AvgIpc) is 2.57. The SMILES string of the molecule is N#Cc1nccnc1N1CC(Br)CC1=O. The van der Waals surface area contributed by atoms with Gasteiger partial charge in [-0.3, -0.25) is 9.69 Å². The lowest BCUT2D eigenvalue weighted by Gasteiger charge is -2.14. The Morgan fingerprint density at radius 2 is 2.27 bits per heavy atom. The number of carbonyl (C=O) groups is 1. The number of hydrogen-bond donors (Lipinski definition) is 0. The van der Waals surface area contributed by atoms with Crippen molar-refractivity contribution in [3.05, 3.63) is 18.1 Å². The number of anilines is 1. The summed E-state index contributed by atoms with van der Waals surface area (Å²) in [6.45, 7) is 0.534. The number of amides is 1. The van der Waals surface area contributed by atoms with Crippen molar-refractivity contribution in [2.75, 3.05) is 11.4 Å². The molecule has 1 atom stereocenters. The monoisotopic (exact) mass is 266 g/mol. The van der Waals surface area contributed by atoms with Gasteiger partial charge in [-0.25, -0.2) is 9.97 Å². The minimum absolute atomic E-state index is 0.0334. The summed E-state index contributed by atoms with van der Waals surface area (Å²) in [6, 6.07) is 1.93. The molecule has 6 heteroatoms. The summed E-state index contributed by atoms with van der Waals surface area (Å²) in [5.41, 5.74) is 0.187. The van der Waals surface area contributed by atoms with Crippen molar-refractivity contribution in [2.45, 2.75) is 11.2 Å². The lowest BCUT2D eigenvalue weighted by molar-refractivity contribution is -0.117. The largest absolute Gasteiger partial charge is 0.293 e. The molecule has 2 heterocycles. The maximum Gasteiger partial charge on any atom is 0.229 e. The molecule has 0 aliphatic carbocycles. The van der Waals surface area contributed by atoms with Crippen molar-refractivity contribution in [3.8, 4) is 6.07 Å². The summed E-state index contributed by atoms with van der Waals surface area (Å²) in [6.07, 6.45) is 3.35. The Morgan fingerprint density at radius 1 is 1.53 bits per heavy atom. The van der Waals surface area contributed by atoms with Gasteiger partial charge in [-0.1, -0.05) is 15.9 Å². The number of halogens is 1. The third kappa shape index (κ3) is 1.83. The molecule has 1 aliphatic heterocycles. The van der Waals surface area contributed by atoms with Crippen molar-refractivity contribution in [3.63, 3.8) is 0 Å². The van der Waals surface area contributed by atoms with Gasteiger partial charge in [-0.2, -0.15) is 5.26 Å². The van der Waals surface area contributed by atoms with Gasteiger partial charge in [0.15, 0.2) is 11.5 Å². The number of hydrogen-bond acceptors (Lipinski definition) is 4. The van der Waals surface area contributed by atoms with E-state index in [1.165, 1.54) is 17.3 Å². The maximum absolute atomic E-state index is 11.6. The van der Waals surface area contributed by atoms with E-state index in [0.717, 1.165) is 0 Å². The smallest absolute Gasteiger partial charge is 0.229 e. The lowest BCUT2D eigenvalue weighted by atomic mass is 10.4. The van der Waals surface area contributed by atoms with E-state index >= 15 is 0 Å². The highest BCUT2D eigenvalue weighted by Gasteiger charge is 2.31. The Hall–Kier alpha value is -1.48. The normalized spacial score (nSPS) is 20.4. The molecule has 0 spiro atoms. The fourth-order valence-electron chi connectivity index (χ4n) is 1.48. The van der Waals surface area contributed by atoms with Crippen LogP contribution in [0.15, 0.2) is 12.4 Å². The molecule has 1 fully saturated rings. The van der Waals surface area contributed by atoms with E-state index in [1.54, 1.807) is 0 Å². The zero-order chi connectivity index (χ0) is 10.8. The summed E-state index contributed by atoms with van der Waals surface area (Å²) in [5.74, 6) is 0.320. The van der Waals surface area contributed by atoms with Crippen LogP contribution in [-0.4, -0.2) is 27.2 Å². The van der Waals surface area contributed by atoms with Gasteiger partial charge < -0.3 is 0 Å². The summed E-state index contributed by atoms with van der Waals surface area (Å²) in [7, 11) is 0. The van der Waals surface area contributed by atoms with Crippen LogP contribution in [0, 0.1) is 11.3 Å². The zero-order valence-corrected chi connectivity index (χ0v) is 9.31. The van der Waals surface area contributed by atoms with Gasteiger partial charge in [0.2, 0.25) is 5.91 Å². The topological polar surface area (TPSA) is 69.9 Å². The van der Waals surface area contributed by atoms with Crippen molar-refractivity contribution < 1.29 is 4.79 Å². The van der Waals surface area contributed by atoms with Crippen LogP contribution in [0.5, 0.6) is 0 Å². The van der Waals surface area contributed by atoms with Crippen LogP contribution in [0.25, 0.3) is 0 Å². The molecule has 0 bridgehead atoms. The van der Waals surface area contributed by atoms with Crippen LogP contribution >= 0.6 is 15.9 Å². The third-order valence-corrected chi connectivity index (χ3v) is 2.73. The van der Waals surface area contributed by atoms with Gasteiger partial charge in [0, 0.05) is 30.2 Å². The van der Waals surface area contributed by atoms with Gasteiger partial charge in [-0.05, 0) is 0 Å². The number of rotatable bonds is 1. The van der Waals surface area contributed by atoms with Gasteiger partial charge in [-0.15, -0.1) is 0 Å². The number of carbonyl (C=O) groups excluding carboxylic acids is 1. The molecular formula is C9H7BrN4O. The van der Waals surface area contributed by atoms with Gasteiger partial charge in [0.05, 0.1) is 0 Å². The van der Waals surface area contributed by atoms with Crippen LogP contribution in [0.3, 0.4) is 0 Å². The molecule has 1 saturated heterocycles. The maximum atomic E-state index is 11.6. The molecule has 0 saturated carbocycles.